The molecule has 3 fully saturated rings. The summed E-state index contributed by atoms with van der Waals surface area (Å²) in [6.07, 6.45) is 4.47. The summed E-state index contributed by atoms with van der Waals surface area (Å²) in [6, 6.07) is 0.302. The first-order chi connectivity index (χ1) is 9.74. The maximum atomic E-state index is 12.2. The Kier molecular flexibility index (Phi) is 2.96. The first kappa shape index (κ1) is 12.6. The largest absolute Gasteiger partial charge is 0.396 e. The number of amides is 2. The van der Waals surface area contributed by atoms with E-state index < -0.39 is 0 Å². The van der Waals surface area contributed by atoms with Gasteiger partial charge in [-0.25, -0.2) is 9.78 Å². The maximum Gasteiger partial charge on any atom is 0.323 e. The molecule has 0 bridgehead atoms. The Labute approximate surface area is 122 Å². The SMILES string of the molecule is O=C(Nc1nc(C2CC2)cs1)N1C[C@@H]2C[C@@H](CO)C[C@@H]21. The van der Waals surface area contributed by atoms with Crippen molar-refractivity contribution in [2.75, 3.05) is 18.5 Å². The lowest BCUT2D eigenvalue weighted by Crippen LogP contribution is -2.57. The molecule has 2 amide bonds. The number of carbonyl (C=O) groups excluding carboxylic acids is 1. The van der Waals surface area contributed by atoms with E-state index in [1.54, 1.807) is 0 Å². The number of nitrogens with one attached hydrogen (secondary N) is 1. The predicted octanol–water partition coefficient (Wildman–Crippen LogP) is 2.26. The summed E-state index contributed by atoms with van der Waals surface area (Å²) in [4.78, 5) is 18.6. The van der Waals surface area contributed by atoms with Crippen molar-refractivity contribution in [1.29, 1.82) is 0 Å². The zero-order chi connectivity index (χ0) is 13.7. The molecule has 2 heterocycles. The topological polar surface area (TPSA) is 65.5 Å². The van der Waals surface area contributed by atoms with Crippen LogP contribution in [0, 0.1) is 11.8 Å². The van der Waals surface area contributed by atoms with E-state index in [9.17, 15) is 9.90 Å². The lowest BCUT2D eigenvalue weighted by molar-refractivity contribution is 0.0797. The summed E-state index contributed by atoms with van der Waals surface area (Å²) in [5.74, 6) is 1.60. The Morgan fingerprint density at radius 2 is 2.35 bits per heavy atom. The van der Waals surface area contributed by atoms with Gasteiger partial charge in [-0.1, -0.05) is 0 Å². The number of fused-ring (bicyclic) bond motifs is 1. The van der Waals surface area contributed by atoms with Crippen LogP contribution in [0.4, 0.5) is 9.93 Å². The van der Waals surface area contributed by atoms with E-state index >= 15 is 0 Å². The summed E-state index contributed by atoms with van der Waals surface area (Å²) < 4.78 is 0. The fourth-order valence-electron chi connectivity index (χ4n) is 3.50. The van der Waals surface area contributed by atoms with Crippen LogP contribution in [0.15, 0.2) is 5.38 Å². The molecule has 0 aromatic carbocycles. The highest BCUT2D eigenvalue weighted by molar-refractivity contribution is 7.13. The summed E-state index contributed by atoms with van der Waals surface area (Å²) in [5.41, 5.74) is 1.13. The lowest BCUT2D eigenvalue weighted by atomic mass is 9.92. The van der Waals surface area contributed by atoms with Crippen LogP contribution in [-0.4, -0.2) is 40.2 Å². The molecular formula is C14H19N3O2S. The number of anilines is 1. The highest BCUT2D eigenvalue weighted by Crippen LogP contribution is 2.43. The van der Waals surface area contributed by atoms with Crippen LogP contribution in [0.2, 0.25) is 0 Å². The van der Waals surface area contributed by atoms with Gasteiger partial charge in [-0.3, -0.25) is 5.32 Å². The van der Waals surface area contributed by atoms with E-state index in [2.05, 4.69) is 15.7 Å². The molecule has 3 aliphatic rings. The molecule has 2 saturated carbocycles. The number of aliphatic hydroxyl groups is 1. The van der Waals surface area contributed by atoms with Crippen LogP contribution >= 0.6 is 11.3 Å². The molecule has 3 atom stereocenters. The zero-order valence-electron chi connectivity index (χ0n) is 11.3. The molecule has 6 heteroatoms. The van der Waals surface area contributed by atoms with Crippen molar-refractivity contribution in [3.8, 4) is 0 Å². The number of rotatable bonds is 3. The standard InChI is InChI=1S/C14H19N3O2S/c18-6-8-3-10-5-17(12(10)4-8)14(19)16-13-15-11(7-20-13)9-1-2-9/h7-10,12,18H,1-6H2,(H,15,16,19)/t8-,10+,12+/m1/s1. The van der Waals surface area contributed by atoms with Gasteiger partial charge in [0.2, 0.25) is 0 Å². The highest BCUT2D eigenvalue weighted by Gasteiger charge is 2.48. The van der Waals surface area contributed by atoms with Gasteiger partial charge in [0.25, 0.3) is 0 Å². The molecule has 0 radical (unpaired) electrons. The molecule has 1 saturated heterocycles. The Hall–Kier alpha value is -1.14. The van der Waals surface area contributed by atoms with Gasteiger partial charge in [-0.05, 0) is 37.5 Å². The van der Waals surface area contributed by atoms with E-state index in [1.165, 1.54) is 24.2 Å². The minimum absolute atomic E-state index is 0.0264. The Morgan fingerprint density at radius 1 is 1.50 bits per heavy atom. The van der Waals surface area contributed by atoms with Crippen LogP contribution < -0.4 is 5.32 Å². The minimum atomic E-state index is -0.0264. The third kappa shape index (κ3) is 2.11. The van der Waals surface area contributed by atoms with Crippen molar-refractivity contribution in [1.82, 2.24) is 9.88 Å². The fourth-order valence-corrected chi connectivity index (χ4v) is 4.28. The van der Waals surface area contributed by atoms with E-state index in [1.807, 2.05) is 4.90 Å². The normalized spacial score (nSPS) is 31.9. The highest BCUT2D eigenvalue weighted by atomic mass is 32.1. The van der Waals surface area contributed by atoms with Crippen LogP contribution in [0.3, 0.4) is 0 Å². The first-order valence-electron chi connectivity index (χ1n) is 7.38. The van der Waals surface area contributed by atoms with Crippen LogP contribution in [0.1, 0.15) is 37.3 Å². The fraction of sp³-hybridized carbons (Fsp3) is 0.714. The van der Waals surface area contributed by atoms with Gasteiger partial charge in [0.1, 0.15) is 0 Å². The third-order valence-corrected chi connectivity index (χ3v) is 5.61. The molecule has 0 unspecified atom stereocenters. The molecule has 108 valence electrons. The number of likely N-dealkylation sites (tertiary alicyclic amines) is 1. The smallest absolute Gasteiger partial charge is 0.323 e. The van der Waals surface area contributed by atoms with Crippen LogP contribution in [0.5, 0.6) is 0 Å². The van der Waals surface area contributed by atoms with Gasteiger partial charge in [0, 0.05) is 30.5 Å². The van der Waals surface area contributed by atoms with Crippen molar-refractivity contribution in [3.05, 3.63) is 11.1 Å². The second-order valence-corrected chi connectivity index (χ2v) is 7.14. The molecular weight excluding hydrogens is 274 g/mol. The van der Waals surface area contributed by atoms with Gasteiger partial charge in [-0.15, -0.1) is 11.3 Å². The van der Waals surface area contributed by atoms with E-state index in [4.69, 9.17) is 0 Å². The summed E-state index contributed by atoms with van der Waals surface area (Å²) in [6.45, 7) is 1.08. The Bertz CT molecular complexity index is 528. The lowest BCUT2D eigenvalue weighted by Gasteiger charge is -2.44. The third-order valence-electron chi connectivity index (χ3n) is 4.84. The van der Waals surface area contributed by atoms with E-state index in [0.29, 0.717) is 23.8 Å². The molecule has 1 aromatic rings. The second-order valence-electron chi connectivity index (χ2n) is 6.28. The molecule has 20 heavy (non-hydrogen) atoms. The summed E-state index contributed by atoms with van der Waals surface area (Å²) in [7, 11) is 0. The summed E-state index contributed by atoms with van der Waals surface area (Å²) >= 11 is 1.52. The van der Waals surface area contributed by atoms with Crippen molar-refractivity contribution in [3.63, 3.8) is 0 Å². The number of carbonyl (C=O) groups is 1. The van der Waals surface area contributed by atoms with E-state index in [-0.39, 0.29) is 12.6 Å². The molecule has 5 nitrogen and oxygen atoms in total. The zero-order valence-corrected chi connectivity index (χ0v) is 12.1. The van der Waals surface area contributed by atoms with Gasteiger partial charge in [0.15, 0.2) is 5.13 Å². The number of thiazole rings is 1. The van der Waals surface area contributed by atoms with Crippen LogP contribution in [-0.2, 0) is 0 Å². The molecule has 1 aromatic heterocycles. The molecule has 2 N–H and O–H groups in total. The average Bonchev–Trinajstić information content (AvgIpc) is 3.09. The van der Waals surface area contributed by atoms with Gasteiger partial charge in [0.05, 0.1) is 5.69 Å². The maximum absolute atomic E-state index is 12.2. The Balaban J connectivity index is 1.36. The number of nitrogens with zero attached hydrogens (tertiary/aromatic N) is 2. The number of aliphatic hydroxyl groups excluding tert-OH is 1. The van der Waals surface area contributed by atoms with Crippen LogP contribution in [0.25, 0.3) is 0 Å². The molecule has 4 rings (SSSR count). The molecule has 0 spiro atoms. The monoisotopic (exact) mass is 293 g/mol. The molecule has 2 aliphatic carbocycles. The number of hydrogen-bond donors (Lipinski definition) is 2. The number of aromatic nitrogens is 1. The number of urea groups is 1. The van der Waals surface area contributed by atoms with Gasteiger partial charge < -0.3 is 10.0 Å². The summed E-state index contributed by atoms with van der Waals surface area (Å²) in [5, 5.41) is 14.9. The van der Waals surface area contributed by atoms with Gasteiger partial charge in [-0.2, -0.15) is 0 Å². The number of hydrogen-bond acceptors (Lipinski definition) is 4. The van der Waals surface area contributed by atoms with Crippen molar-refractivity contribution >= 4 is 22.5 Å². The van der Waals surface area contributed by atoms with Crippen molar-refractivity contribution in [2.45, 2.75) is 37.6 Å². The van der Waals surface area contributed by atoms with Gasteiger partial charge >= 0.3 is 6.03 Å². The van der Waals surface area contributed by atoms with Crippen molar-refractivity contribution < 1.29 is 9.90 Å². The predicted molar refractivity (Wildman–Crippen MR) is 76.9 cm³/mol. The quantitative estimate of drug-likeness (QED) is 0.898. The first-order valence-corrected chi connectivity index (χ1v) is 8.26. The average molecular weight is 293 g/mol. The Morgan fingerprint density at radius 3 is 3.10 bits per heavy atom. The second kappa shape index (κ2) is 4.70. The van der Waals surface area contributed by atoms with E-state index in [0.717, 1.165) is 30.2 Å². The minimum Gasteiger partial charge on any atom is -0.396 e. The molecule has 1 aliphatic heterocycles. The van der Waals surface area contributed by atoms with Crippen molar-refractivity contribution in [2.24, 2.45) is 11.8 Å².